The van der Waals surface area contributed by atoms with E-state index in [1.807, 2.05) is 42.6 Å². The van der Waals surface area contributed by atoms with Crippen LogP contribution in [0.2, 0.25) is 0 Å². The van der Waals surface area contributed by atoms with Crippen molar-refractivity contribution in [1.29, 1.82) is 0 Å². The SMILES string of the molecule is CCCCOc1ccc(C(=O)N(CCC)CC(=O)Nc2nc(-c3ccccc3)cs2)cc1. The molecule has 0 aliphatic heterocycles. The molecule has 0 saturated carbocycles. The van der Waals surface area contributed by atoms with E-state index < -0.39 is 0 Å². The van der Waals surface area contributed by atoms with Crippen molar-refractivity contribution in [3.63, 3.8) is 0 Å². The second-order valence-corrected chi connectivity index (χ2v) is 8.26. The van der Waals surface area contributed by atoms with Crippen molar-refractivity contribution in [1.82, 2.24) is 9.88 Å². The number of ether oxygens (including phenoxy) is 1. The zero-order valence-corrected chi connectivity index (χ0v) is 19.4. The Hall–Kier alpha value is -3.19. The molecule has 0 aliphatic carbocycles. The van der Waals surface area contributed by atoms with Gasteiger partial charge in [0.05, 0.1) is 12.3 Å². The maximum Gasteiger partial charge on any atom is 0.254 e. The monoisotopic (exact) mass is 451 g/mol. The van der Waals surface area contributed by atoms with Crippen LogP contribution in [0.15, 0.2) is 60.0 Å². The fourth-order valence-electron chi connectivity index (χ4n) is 3.14. The summed E-state index contributed by atoms with van der Waals surface area (Å²) in [6.45, 7) is 5.22. The topological polar surface area (TPSA) is 71.5 Å². The fourth-order valence-corrected chi connectivity index (χ4v) is 3.87. The predicted molar refractivity (Wildman–Crippen MR) is 129 cm³/mol. The van der Waals surface area contributed by atoms with Crippen LogP contribution in [0.5, 0.6) is 5.75 Å². The Bertz CT molecular complexity index is 1000. The van der Waals surface area contributed by atoms with Crippen LogP contribution in [0.1, 0.15) is 43.5 Å². The number of benzene rings is 2. The van der Waals surface area contributed by atoms with Crippen molar-refractivity contribution in [2.45, 2.75) is 33.1 Å². The molecule has 0 atom stereocenters. The second kappa shape index (κ2) is 12.0. The maximum atomic E-state index is 13.0. The van der Waals surface area contributed by atoms with Crippen molar-refractivity contribution in [3.8, 4) is 17.0 Å². The number of unbranched alkanes of at least 4 members (excludes halogenated alkanes) is 1. The van der Waals surface area contributed by atoms with Gasteiger partial charge < -0.3 is 15.0 Å². The smallest absolute Gasteiger partial charge is 0.254 e. The van der Waals surface area contributed by atoms with Crippen LogP contribution >= 0.6 is 11.3 Å². The van der Waals surface area contributed by atoms with Crippen molar-refractivity contribution < 1.29 is 14.3 Å². The molecule has 168 valence electrons. The van der Waals surface area contributed by atoms with Crippen LogP contribution in [0.3, 0.4) is 0 Å². The summed E-state index contributed by atoms with van der Waals surface area (Å²) >= 11 is 1.37. The molecule has 0 spiro atoms. The number of amides is 2. The average Bonchev–Trinajstić information content (AvgIpc) is 3.28. The quantitative estimate of drug-likeness (QED) is 0.392. The van der Waals surface area contributed by atoms with Crippen molar-refractivity contribution in [3.05, 3.63) is 65.5 Å². The van der Waals surface area contributed by atoms with E-state index in [2.05, 4.69) is 17.2 Å². The van der Waals surface area contributed by atoms with E-state index in [1.54, 1.807) is 29.2 Å². The summed E-state index contributed by atoms with van der Waals surface area (Å²) in [4.78, 5) is 31.6. The first kappa shape index (κ1) is 23.5. The Balaban J connectivity index is 1.60. The molecule has 2 amide bonds. The Labute approximate surface area is 193 Å². The minimum absolute atomic E-state index is 0.0261. The molecule has 0 radical (unpaired) electrons. The van der Waals surface area contributed by atoms with Crippen LogP contribution in [0, 0.1) is 0 Å². The van der Waals surface area contributed by atoms with Gasteiger partial charge in [-0.3, -0.25) is 9.59 Å². The molecule has 0 unspecified atom stereocenters. The summed E-state index contributed by atoms with van der Waals surface area (Å²) in [6, 6.07) is 16.9. The van der Waals surface area contributed by atoms with Crippen molar-refractivity contribution in [2.24, 2.45) is 0 Å². The van der Waals surface area contributed by atoms with E-state index in [4.69, 9.17) is 4.74 Å². The highest BCUT2D eigenvalue weighted by Gasteiger charge is 2.19. The summed E-state index contributed by atoms with van der Waals surface area (Å²) in [5.41, 5.74) is 2.34. The Morgan fingerprint density at radius 2 is 1.78 bits per heavy atom. The largest absolute Gasteiger partial charge is 0.494 e. The van der Waals surface area contributed by atoms with Gasteiger partial charge in [0.25, 0.3) is 5.91 Å². The average molecular weight is 452 g/mol. The van der Waals surface area contributed by atoms with Gasteiger partial charge in [0.1, 0.15) is 12.3 Å². The summed E-state index contributed by atoms with van der Waals surface area (Å²) < 4.78 is 5.66. The number of nitrogens with zero attached hydrogens (tertiary/aromatic N) is 2. The van der Waals surface area contributed by atoms with E-state index in [-0.39, 0.29) is 18.4 Å². The highest BCUT2D eigenvalue weighted by atomic mass is 32.1. The molecular weight excluding hydrogens is 422 g/mol. The van der Waals surface area contributed by atoms with Crippen molar-refractivity contribution in [2.75, 3.05) is 25.0 Å². The maximum absolute atomic E-state index is 13.0. The predicted octanol–water partition coefficient (Wildman–Crippen LogP) is 5.48. The van der Waals surface area contributed by atoms with Crippen LogP contribution in [0.25, 0.3) is 11.3 Å². The van der Waals surface area contributed by atoms with E-state index in [1.165, 1.54) is 11.3 Å². The third kappa shape index (κ3) is 6.65. The highest BCUT2D eigenvalue weighted by molar-refractivity contribution is 7.14. The number of nitrogens with one attached hydrogen (secondary N) is 1. The summed E-state index contributed by atoms with van der Waals surface area (Å²) in [5, 5.41) is 5.25. The Morgan fingerprint density at radius 3 is 2.47 bits per heavy atom. The van der Waals surface area contributed by atoms with Gasteiger partial charge in [-0.2, -0.15) is 0 Å². The molecule has 1 N–H and O–H groups in total. The highest BCUT2D eigenvalue weighted by Crippen LogP contribution is 2.24. The summed E-state index contributed by atoms with van der Waals surface area (Å²) in [7, 11) is 0. The molecule has 1 heterocycles. The first-order chi connectivity index (χ1) is 15.6. The number of hydrogen-bond donors (Lipinski definition) is 1. The second-order valence-electron chi connectivity index (χ2n) is 7.41. The normalized spacial score (nSPS) is 10.6. The number of anilines is 1. The lowest BCUT2D eigenvalue weighted by atomic mass is 10.2. The molecule has 0 bridgehead atoms. The van der Waals surface area contributed by atoms with Gasteiger partial charge in [-0.05, 0) is 37.1 Å². The third-order valence-corrected chi connectivity index (χ3v) is 5.56. The lowest BCUT2D eigenvalue weighted by molar-refractivity contribution is -0.116. The number of rotatable bonds is 11. The first-order valence-corrected chi connectivity index (χ1v) is 11.8. The first-order valence-electron chi connectivity index (χ1n) is 10.9. The molecule has 2 aromatic carbocycles. The van der Waals surface area contributed by atoms with Crippen LogP contribution in [-0.4, -0.2) is 41.4 Å². The zero-order valence-electron chi connectivity index (χ0n) is 18.5. The molecule has 0 saturated heterocycles. The van der Waals surface area contributed by atoms with Crippen LogP contribution in [-0.2, 0) is 4.79 Å². The number of aromatic nitrogens is 1. The van der Waals surface area contributed by atoms with E-state index in [0.717, 1.165) is 36.3 Å². The van der Waals surface area contributed by atoms with Gasteiger partial charge in [-0.15, -0.1) is 11.3 Å². The molecule has 0 aliphatic rings. The molecule has 3 aromatic rings. The fraction of sp³-hybridized carbons (Fsp3) is 0.320. The molecule has 6 nitrogen and oxygen atoms in total. The number of carbonyl (C=O) groups excluding carboxylic acids is 2. The molecule has 32 heavy (non-hydrogen) atoms. The lowest BCUT2D eigenvalue weighted by Crippen LogP contribution is -2.38. The van der Waals surface area contributed by atoms with Crippen molar-refractivity contribution >= 4 is 28.3 Å². The van der Waals surface area contributed by atoms with Gasteiger partial charge in [0.15, 0.2) is 5.13 Å². The van der Waals surface area contributed by atoms with Gasteiger partial charge >= 0.3 is 0 Å². The Kier molecular flexibility index (Phi) is 8.80. The standard InChI is InChI=1S/C25H29N3O3S/c1-3-5-16-31-21-13-11-20(12-14-21)24(30)28(15-4-2)17-23(29)27-25-26-22(18-32-25)19-9-7-6-8-10-19/h6-14,18H,3-5,15-17H2,1-2H3,(H,26,27,29). The van der Waals surface area contributed by atoms with E-state index >= 15 is 0 Å². The molecule has 0 fully saturated rings. The number of carbonyl (C=O) groups is 2. The molecule has 3 rings (SSSR count). The number of hydrogen-bond acceptors (Lipinski definition) is 5. The minimum atomic E-state index is -0.264. The summed E-state index contributed by atoms with van der Waals surface area (Å²) in [6.07, 6.45) is 2.82. The Morgan fingerprint density at radius 1 is 1.03 bits per heavy atom. The van der Waals surface area contributed by atoms with Gasteiger partial charge in [0, 0.05) is 23.1 Å². The molecule has 7 heteroatoms. The molecule has 1 aromatic heterocycles. The third-order valence-electron chi connectivity index (χ3n) is 4.80. The lowest BCUT2D eigenvalue weighted by Gasteiger charge is -2.21. The van der Waals surface area contributed by atoms with Crippen LogP contribution < -0.4 is 10.1 Å². The summed E-state index contributed by atoms with van der Waals surface area (Å²) in [5.74, 6) is 0.305. The number of thiazole rings is 1. The molecular formula is C25H29N3O3S. The van der Waals surface area contributed by atoms with E-state index in [9.17, 15) is 9.59 Å². The van der Waals surface area contributed by atoms with E-state index in [0.29, 0.717) is 23.8 Å². The van der Waals surface area contributed by atoms with Gasteiger partial charge in [-0.25, -0.2) is 4.98 Å². The zero-order chi connectivity index (χ0) is 22.8. The van der Waals surface area contributed by atoms with Gasteiger partial charge in [-0.1, -0.05) is 50.6 Å². The minimum Gasteiger partial charge on any atom is -0.494 e. The van der Waals surface area contributed by atoms with Gasteiger partial charge in [0.2, 0.25) is 5.91 Å². The van der Waals surface area contributed by atoms with Crippen LogP contribution in [0.4, 0.5) is 5.13 Å².